The second-order valence-corrected chi connectivity index (χ2v) is 6.75. The first-order chi connectivity index (χ1) is 10.0. The second-order valence-electron chi connectivity index (χ2n) is 5.20. The summed E-state index contributed by atoms with van der Waals surface area (Å²) >= 11 is 0. The van der Waals surface area contributed by atoms with Crippen LogP contribution in [0.4, 0.5) is 0 Å². The van der Waals surface area contributed by atoms with E-state index in [2.05, 4.69) is 5.32 Å². The van der Waals surface area contributed by atoms with Crippen LogP contribution in [-0.4, -0.2) is 46.7 Å². The monoisotopic (exact) mass is 310 g/mol. The number of hydrogen-bond donors (Lipinski definition) is 1. The molecule has 1 aliphatic rings. The van der Waals surface area contributed by atoms with E-state index in [9.17, 15) is 9.00 Å². The van der Waals surface area contributed by atoms with Crippen LogP contribution in [0.5, 0.6) is 5.75 Å². The molecule has 1 amide bonds. The zero-order chi connectivity index (χ0) is 15.4. The minimum absolute atomic E-state index is 0.0767. The van der Waals surface area contributed by atoms with Crippen molar-refractivity contribution in [2.45, 2.75) is 25.6 Å². The number of methoxy groups -OCH3 is 1. The second kappa shape index (κ2) is 7.04. The van der Waals surface area contributed by atoms with Crippen LogP contribution in [0.2, 0.25) is 0 Å². The number of benzene rings is 1. The van der Waals surface area contributed by atoms with Crippen molar-refractivity contribution >= 4 is 16.7 Å². The molecule has 3 atom stereocenters. The van der Waals surface area contributed by atoms with Crippen LogP contribution < -0.4 is 10.1 Å². The van der Waals surface area contributed by atoms with Gasteiger partial charge in [0.25, 0.3) is 0 Å². The topological polar surface area (TPSA) is 58.6 Å². The molecule has 0 aliphatic carbocycles. The van der Waals surface area contributed by atoms with Crippen LogP contribution in [0.1, 0.15) is 25.1 Å². The molecule has 0 bridgehead atoms. The maximum Gasteiger partial charge on any atom is 0.241 e. The van der Waals surface area contributed by atoms with E-state index in [1.165, 1.54) is 0 Å². The standard InChI is InChI=1S/C15H22N2O3S/c1-11-15(18)17(9-6-10-21(3)19)14(16-11)12-7-4-5-8-13(12)20-2/h4-5,7-8,11,14,16H,6,9-10H2,1-3H3. The van der Waals surface area contributed by atoms with Gasteiger partial charge in [-0.1, -0.05) is 18.2 Å². The molecule has 1 N–H and O–H groups in total. The molecule has 1 aromatic rings. The summed E-state index contributed by atoms with van der Waals surface area (Å²) in [5, 5.41) is 3.30. The van der Waals surface area contributed by atoms with Crippen LogP contribution in [0.25, 0.3) is 0 Å². The van der Waals surface area contributed by atoms with E-state index in [0.717, 1.165) is 17.7 Å². The molecule has 0 aromatic heterocycles. The van der Waals surface area contributed by atoms with Gasteiger partial charge in [-0.05, 0) is 19.4 Å². The Kier molecular flexibility index (Phi) is 5.36. The van der Waals surface area contributed by atoms with Gasteiger partial charge in [-0.15, -0.1) is 0 Å². The Labute approximate surface area is 128 Å². The molecule has 6 heteroatoms. The third kappa shape index (κ3) is 3.63. The summed E-state index contributed by atoms with van der Waals surface area (Å²) in [5.41, 5.74) is 0.954. The van der Waals surface area contributed by atoms with Crippen LogP contribution in [0.15, 0.2) is 24.3 Å². The highest BCUT2D eigenvalue weighted by molar-refractivity contribution is 7.84. The number of hydrogen-bond acceptors (Lipinski definition) is 4. The number of carbonyl (C=O) groups is 1. The van der Waals surface area contributed by atoms with Gasteiger partial charge in [0.15, 0.2) is 0 Å². The fourth-order valence-corrected chi connectivity index (χ4v) is 3.14. The molecule has 1 aliphatic heterocycles. The first-order valence-electron chi connectivity index (χ1n) is 7.04. The average Bonchev–Trinajstić information content (AvgIpc) is 2.75. The Hall–Kier alpha value is -1.40. The lowest BCUT2D eigenvalue weighted by Crippen LogP contribution is -2.32. The molecule has 3 unspecified atom stereocenters. The predicted octanol–water partition coefficient (Wildman–Crippen LogP) is 1.28. The summed E-state index contributed by atoms with van der Waals surface area (Å²) in [7, 11) is 0.798. The fraction of sp³-hybridized carbons (Fsp3) is 0.533. The lowest BCUT2D eigenvalue weighted by Gasteiger charge is -2.25. The molecule has 1 fully saturated rings. The minimum atomic E-state index is -0.830. The minimum Gasteiger partial charge on any atom is -0.496 e. The van der Waals surface area contributed by atoms with Crippen LogP contribution in [0.3, 0.4) is 0 Å². The van der Waals surface area contributed by atoms with Crippen LogP contribution in [-0.2, 0) is 15.6 Å². The van der Waals surface area contributed by atoms with Crippen LogP contribution >= 0.6 is 0 Å². The van der Waals surface area contributed by atoms with Gasteiger partial charge < -0.3 is 9.64 Å². The highest BCUT2D eigenvalue weighted by Gasteiger charge is 2.37. The average molecular weight is 310 g/mol. The van der Waals surface area contributed by atoms with Gasteiger partial charge in [0.1, 0.15) is 11.9 Å². The van der Waals surface area contributed by atoms with Crippen molar-refractivity contribution < 1.29 is 13.7 Å². The predicted molar refractivity (Wildman–Crippen MR) is 83.6 cm³/mol. The lowest BCUT2D eigenvalue weighted by molar-refractivity contribution is -0.129. The van der Waals surface area contributed by atoms with Crippen molar-refractivity contribution in [3.05, 3.63) is 29.8 Å². The van der Waals surface area contributed by atoms with Gasteiger partial charge in [-0.3, -0.25) is 14.3 Å². The highest BCUT2D eigenvalue weighted by atomic mass is 32.2. The zero-order valence-corrected chi connectivity index (χ0v) is 13.5. The molecule has 0 saturated carbocycles. The van der Waals surface area contributed by atoms with Crippen molar-refractivity contribution in [3.63, 3.8) is 0 Å². The first-order valence-corrected chi connectivity index (χ1v) is 8.76. The van der Waals surface area contributed by atoms with Crippen molar-refractivity contribution in [3.8, 4) is 5.75 Å². The van der Waals surface area contributed by atoms with Gasteiger partial charge in [0, 0.05) is 34.9 Å². The third-order valence-corrected chi connectivity index (χ3v) is 4.50. The Balaban J connectivity index is 2.19. The smallest absolute Gasteiger partial charge is 0.241 e. The van der Waals surface area contributed by atoms with Crippen molar-refractivity contribution in [2.75, 3.05) is 25.7 Å². The van der Waals surface area contributed by atoms with E-state index in [1.807, 2.05) is 36.1 Å². The third-order valence-electron chi connectivity index (χ3n) is 3.64. The molecule has 1 saturated heterocycles. The number of amides is 1. The van der Waals surface area contributed by atoms with Crippen molar-refractivity contribution in [1.29, 1.82) is 0 Å². The van der Waals surface area contributed by atoms with E-state index in [4.69, 9.17) is 4.74 Å². The SMILES string of the molecule is COc1ccccc1C1NC(C)C(=O)N1CCCS(C)=O. The Bertz CT molecular complexity index is 535. The number of rotatable bonds is 6. The molecule has 2 rings (SSSR count). The van der Waals surface area contributed by atoms with Gasteiger partial charge in [-0.25, -0.2) is 0 Å². The molecule has 21 heavy (non-hydrogen) atoms. The molecule has 1 aromatic carbocycles. The number of ether oxygens (including phenoxy) is 1. The highest BCUT2D eigenvalue weighted by Crippen LogP contribution is 2.31. The maximum atomic E-state index is 12.3. The molecule has 5 nitrogen and oxygen atoms in total. The lowest BCUT2D eigenvalue weighted by atomic mass is 10.1. The summed E-state index contributed by atoms with van der Waals surface area (Å²) in [6.07, 6.45) is 2.23. The van der Waals surface area contributed by atoms with E-state index >= 15 is 0 Å². The van der Waals surface area contributed by atoms with E-state index < -0.39 is 10.8 Å². The van der Waals surface area contributed by atoms with Crippen LogP contribution in [0, 0.1) is 0 Å². The summed E-state index contributed by atoms with van der Waals surface area (Å²) in [6, 6.07) is 7.49. The normalized spacial score (nSPS) is 23.4. The molecule has 116 valence electrons. The largest absolute Gasteiger partial charge is 0.496 e. The van der Waals surface area contributed by atoms with Gasteiger partial charge in [-0.2, -0.15) is 0 Å². The van der Waals surface area contributed by atoms with E-state index in [0.29, 0.717) is 12.3 Å². The number of nitrogens with zero attached hydrogens (tertiary/aromatic N) is 1. The molecule has 0 spiro atoms. The Morgan fingerprint density at radius 1 is 1.38 bits per heavy atom. The summed E-state index contributed by atoms with van der Waals surface area (Å²) in [5.74, 6) is 1.45. The molecule has 1 heterocycles. The van der Waals surface area contributed by atoms with Crippen molar-refractivity contribution in [2.24, 2.45) is 0 Å². The summed E-state index contributed by atoms with van der Waals surface area (Å²) in [6.45, 7) is 2.46. The van der Waals surface area contributed by atoms with E-state index in [-0.39, 0.29) is 18.1 Å². The van der Waals surface area contributed by atoms with Gasteiger partial charge in [0.2, 0.25) is 5.91 Å². The fourth-order valence-electron chi connectivity index (χ4n) is 2.60. The van der Waals surface area contributed by atoms with Gasteiger partial charge in [0.05, 0.1) is 13.2 Å². The number of carbonyl (C=O) groups excluding carboxylic acids is 1. The Morgan fingerprint density at radius 2 is 2.10 bits per heavy atom. The molecular weight excluding hydrogens is 288 g/mol. The molecule has 0 radical (unpaired) electrons. The zero-order valence-electron chi connectivity index (χ0n) is 12.7. The van der Waals surface area contributed by atoms with E-state index in [1.54, 1.807) is 13.4 Å². The maximum absolute atomic E-state index is 12.3. The first kappa shape index (κ1) is 16.0. The number of para-hydroxylation sites is 1. The summed E-state index contributed by atoms with van der Waals surface area (Å²) < 4.78 is 16.6. The van der Waals surface area contributed by atoms with Crippen molar-refractivity contribution in [1.82, 2.24) is 10.2 Å². The number of nitrogens with one attached hydrogen (secondary N) is 1. The quantitative estimate of drug-likeness (QED) is 0.860. The Morgan fingerprint density at radius 3 is 2.76 bits per heavy atom. The van der Waals surface area contributed by atoms with Gasteiger partial charge >= 0.3 is 0 Å². The molecular formula is C15H22N2O3S. The summed E-state index contributed by atoms with van der Waals surface area (Å²) in [4.78, 5) is 14.1.